The predicted octanol–water partition coefficient (Wildman–Crippen LogP) is 4.51. The van der Waals surface area contributed by atoms with Crippen LogP contribution in [0.25, 0.3) is 21.3 Å². The van der Waals surface area contributed by atoms with Crippen LogP contribution in [0.3, 0.4) is 0 Å². The van der Waals surface area contributed by atoms with E-state index in [1.165, 1.54) is 34.5 Å². The highest BCUT2D eigenvalue weighted by atomic mass is 32.1. The largest absolute Gasteiger partial charge is 0.331 e. The molecule has 140 valence electrons. The number of aryl methyl sites for hydroxylation is 1. The minimum atomic E-state index is -0.337. The average Bonchev–Trinajstić information content (AvgIpc) is 3.03. The Bertz CT molecular complexity index is 1220. The Hall–Kier alpha value is -3.10. The van der Waals surface area contributed by atoms with Crippen molar-refractivity contribution in [3.05, 3.63) is 82.0 Å². The Morgan fingerprint density at radius 3 is 2.57 bits per heavy atom. The van der Waals surface area contributed by atoms with Crippen molar-refractivity contribution in [2.45, 2.75) is 6.92 Å². The number of halogens is 1. The molecule has 2 aromatic heterocycles. The molecule has 0 aliphatic carbocycles. The van der Waals surface area contributed by atoms with E-state index in [9.17, 15) is 9.18 Å². The van der Waals surface area contributed by atoms with Gasteiger partial charge in [0.2, 0.25) is 0 Å². The molecule has 4 rings (SSSR count). The van der Waals surface area contributed by atoms with Crippen LogP contribution >= 0.6 is 23.6 Å². The second kappa shape index (κ2) is 7.49. The number of benzene rings is 2. The lowest BCUT2D eigenvalue weighted by Crippen LogP contribution is -2.35. The number of nitrogens with one attached hydrogen (secondary N) is 2. The predicted molar refractivity (Wildman–Crippen MR) is 116 cm³/mol. The Morgan fingerprint density at radius 1 is 1.14 bits per heavy atom. The normalized spacial score (nSPS) is 10.8. The van der Waals surface area contributed by atoms with Gasteiger partial charge in [0, 0.05) is 16.1 Å². The van der Waals surface area contributed by atoms with Gasteiger partial charge < -0.3 is 5.32 Å². The van der Waals surface area contributed by atoms with Gasteiger partial charge in [-0.15, -0.1) is 11.3 Å². The van der Waals surface area contributed by atoms with Gasteiger partial charge in [-0.05, 0) is 49.0 Å². The summed E-state index contributed by atoms with van der Waals surface area (Å²) >= 11 is 6.75. The molecule has 2 heterocycles. The van der Waals surface area contributed by atoms with Crippen LogP contribution in [-0.4, -0.2) is 14.8 Å². The van der Waals surface area contributed by atoms with E-state index in [0.29, 0.717) is 15.9 Å². The molecule has 0 amide bonds. The van der Waals surface area contributed by atoms with Gasteiger partial charge in [0.05, 0.1) is 5.39 Å². The van der Waals surface area contributed by atoms with Gasteiger partial charge in [-0.3, -0.25) is 10.2 Å². The molecule has 0 saturated heterocycles. The van der Waals surface area contributed by atoms with Crippen molar-refractivity contribution >= 4 is 44.6 Å². The Morgan fingerprint density at radius 2 is 1.86 bits per heavy atom. The lowest BCUT2D eigenvalue weighted by atomic mass is 10.0. The summed E-state index contributed by atoms with van der Waals surface area (Å²) in [5, 5.41) is 3.66. The topological polar surface area (TPSA) is 59.0 Å². The minimum absolute atomic E-state index is 0.197. The van der Waals surface area contributed by atoms with Crippen LogP contribution in [-0.2, 0) is 0 Å². The number of aromatic nitrogens is 2. The first-order valence-corrected chi connectivity index (χ1v) is 9.65. The number of thiophene rings is 1. The molecule has 2 N–H and O–H groups in total. The van der Waals surface area contributed by atoms with E-state index in [2.05, 4.69) is 15.7 Å². The van der Waals surface area contributed by atoms with Gasteiger partial charge in [0.1, 0.15) is 17.0 Å². The molecule has 0 bridgehead atoms. The SMILES string of the molecule is Cc1sc2ncn(NC(=S)Nc3ccc(F)cc3)c(=O)c2c1-c1ccccc1. The van der Waals surface area contributed by atoms with Crippen LogP contribution in [0.1, 0.15) is 4.88 Å². The number of rotatable bonds is 3. The molecule has 0 fully saturated rings. The highest BCUT2D eigenvalue weighted by Gasteiger charge is 2.17. The number of thiocarbonyl (C=S) groups is 1. The van der Waals surface area contributed by atoms with Crippen LogP contribution in [0, 0.1) is 12.7 Å². The van der Waals surface area contributed by atoms with E-state index in [4.69, 9.17) is 12.2 Å². The zero-order chi connectivity index (χ0) is 19.7. The first kappa shape index (κ1) is 18.3. The zero-order valence-corrected chi connectivity index (χ0v) is 16.4. The summed E-state index contributed by atoms with van der Waals surface area (Å²) in [6.07, 6.45) is 1.41. The smallest absolute Gasteiger partial charge is 0.281 e. The zero-order valence-electron chi connectivity index (χ0n) is 14.8. The third kappa shape index (κ3) is 3.51. The number of fused-ring (bicyclic) bond motifs is 1. The third-order valence-corrected chi connectivity index (χ3v) is 5.38. The van der Waals surface area contributed by atoms with Gasteiger partial charge in [-0.1, -0.05) is 30.3 Å². The second-order valence-electron chi connectivity index (χ2n) is 6.07. The van der Waals surface area contributed by atoms with E-state index >= 15 is 0 Å². The van der Waals surface area contributed by atoms with E-state index in [1.807, 2.05) is 37.3 Å². The van der Waals surface area contributed by atoms with Crippen molar-refractivity contribution in [1.82, 2.24) is 9.66 Å². The maximum atomic E-state index is 13.1. The van der Waals surface area contributed by atoms with E-state index in [0.717, 1.165) is 16.0 Å². The van der Waals surface area contributed by atoms with Crippen LogP contribution in [0.5, 0.6) is 0 Å². The van der Waals surface area contributed by atoms with Gasteiger partial charge in [-0.25, -0.2) is 14.1 Å². The molecule has 28 heavy (non-hydrogen) atoms. The van der Waals surface area contributed by atoms with Crippen LogP contribution in [0.4, 0.5) is 10.1 Å². The first-order valence-electron chi connectivity index (χ1n) is 8.42. The highest BCUT2D eigenvalue weighted by molar-refractivity contribution is 7.80. The Balaban J connectivity index is 1.69. The van der Waals surface area contributed by atoms with Crippen molar-refractivity contribution in [2.75, 3.05) is 10.7 Å². The van der Waals surface area contributed by atoms with Crippen molar-refractivity contribution in [2.24, 2.45) is 0 Å². The summed E-state index contributed by atoms with van der Waals surface area (Å²) in [6, 6.07) is 15.5. The fourth-order valence-electron chi connectivity index (χ4n) is 2.94. The number of nitrogens with zero attached hydrogens (tertiary/aromatic N) is 2. The maximum absolute atomic E-state index is 13.1. The fraction of sp³-hybridized carbons (Fsp3) is 0.0500. The van der Waals surface area contributed by atoms with Crippen molar-refractivity contribution in [3.63, 3.8) is 0 Å². The minimum Gasteiger partial charge on any atom is -0.331 e. The molecular weight excluding hydrogens is 395 g/mol. The summed E-state index contributed by atoms with van der Waals surface area (Å²) < 4.78 is 14.3. The summed E-state index contributed by atoms with van der Waals surface area (Å²) in [5.41, 5.74) is 5.04. The lowest BCUT2D eigenvalue weighted by molar-refractivity contribution is 0.628. The van der Waals surface area contributed by atoms with Gasteiger partial charge in [0.15, 0.2) is 5.11 Å². The molecule has 0 spiro atoms. The molecular formula is C20H15FN4OS2. The van der Waals surface area contributed by atoms with E-state index in [-0.39, 0.29) is 16.5 Å². The quantitative estimate of drug-likeness (QED) is 0.487. The maximum Gasteiger partial charge on any atom is 0.281 e. The average molecular weight is 410 g/mol. The van der Waals surface area contributed by atoms with Crippen LogP contribution in [0.2, 0.25) is 0 Å². The summed E-state index contributed by atoms with van der Waals surface area (Å²) in [5.74, 6) is -0.337. The number of anilines is 1. The molecule has 0 aliphatic heterocycles. The molecule has 4 aromatic rings. The molecule has 0 unspecified atom stereocenters. The molecule has 0 radical (unpaired) electrons. The van der Waals surface area contributed by atoms with Crippen molar-refractivity contribution < 1.29 is 4.39 Å². The fourth-order valence-corrected chi connectivity index (χ4v) is 4.16. The Labute approximate surface area is 169 Å². The standard InChI is InChI=1S/C20H15FN4OS2/c1-12-16(13-5-3-2-4-6-13)17-18(28-12)22-11-25(19(17)26)24-20(27)23-15-9-7-14(21)8-10-15/h2-11H,1H3,(H2,23,24,27). The molecule has 5 nitrogen and oxygen atoms in total. The van der Waals surface area contributed by atoms with Crippen LogP contribution < -0.4 is 16.3 Å². The van der Waals surface area contributed by atoms with Gasteiger partial charge >= 0.3 is 0 Å². The summed E-state index contributed by atoms with van der Waals surface area (Å²) in [7, 11) is 0. The van der Waals surface area contributed by atoms with Crippen molar-refractivity contribution in [3.8, 4) is 11.1 Å². The molecule has 0 atom stereocenters. The molecule has 0 aliphatic rings. The summed E-state index contributed by atoms with van der Waals surface area (Å²) in [4.78, 5) is 19.2. The monoisotopic (exact) mass is 410 g/mol. The second-order valence-corrected chi connectivity index (χ2v) is 7.68. The number of hydrogen-bond donors (Lipinski definition) is 2. The lowest BCUT2D eigenvalue weighted by Gasteiger charge is -2.12. The van der Waals surface area contributed by atoms with Crippen molar-refractivity contribution in [1.29, 1.82) is 0 Å². The first-order chi connectivity index (χ1) is 13.5. The molecule has 2 aromatic carbocycles. The van der Waals surface area contributed by atoms with E-state index < -0.39 is 0 Å². The summed E-state index contributed by atoms with van der Waals surface area (Å²) in [6.45, 7) is 1.98. The third-order valence-electron chi connectivity index (χ3n) is 4.18. The Kier molecular flexibility index (Phi) is 4.89. The molecule has 0 saturated carbocycles. The number of hydrogen-bond acceptors (Lipinski definition) is 4. The highest BCUT2D eigenvalue weighted by Crippen LogP contribution is 2.35. The van der Waals surface area contributed by atoms with Gasteiger partial charge in [-0.2, -0.15) is 0 Å². The molecule has 8 heteroatoms. The van der Waals surface area contributed by atoms with Gasteiger partial charge in [0.25, 0.3) is 5.56 Å². The van der Waals surface area contributed by atoms with Crippen LogP contribution in [0.15, 0.2) is 65.7 Å². The van der Waals surface area contributed by atoms with E-state index in [1.54, 1.807) is 12.1 Å².